The SMILES string of the molecule is CCNCc1ccc(S(=O)(=O)N2CCOC(C)C2)c(Br)c1. The fourth-order valence-corrected chi connectivity index (χ4v) is 4.86. The molecule has 1 aromatic carbocycles. The molecule has 0 radical (unpaired) electrons. The molecule has 1 atom stereocenters. The molecule has 1 unspecified atom stereocenters. The molecule has 1 heterocycles. The van der Waals surface area contributed by atoms with E-state index >= 15 is 0 Å². The van der Waals surface area contributed by atoms with Gasteiger partial charge in [-0.1, -0.05) is 13.0 Å². The van der Waals surface area contributed by atoms with Crippen LogP contribution in [-0.2, 0) is 21.3 Å². The number of benzene rings is 1. The van der Waals surface area contributed by atoms with Gasteiger partial charge in [-0.3, -0.25) is 0 Å². The van der Waals surface area contributed by atoms with E-state index < -0.39 is 10.0 Å². The van der Waals surface area contributed by atoms with Crippen LogP contribution in [0.1, 0.15) is 19.4 Å². The van der Waals surface area contributed by atoms with Crippen LogP contribution in [0.2, 0.25) is 0 Å². The van der Waals surface area contributed by atoms with Gasteiger partial charge in [-0.25, -0.2) is 8.42 Å². The van der Waals surface area contributed by atoms with Crippen molar-refractivity contribution in [3.63, 3.8) is 0 Å². The molecule has 0 saturated carbocycles. The third kappa shape index (κ3) is 4.04. The van der Waals surface area contributed by atoms with Crippen LogP contribution in [0.25, 0.3) is 0 Å². The summed E-state index contributed by atoms with van der Waals surface area (Å²) >= 11 is 3.39. The fraction of sp³-hybridized carbons (Fsp3) is 0.571. The zero-order chi connectivity index (χ0) is 15.5. The molecule has 5 nitrogen and oxygen atoms in total. The van der Waals surface area contributed by atoms with Gasteiger partial charge in [-0.05, 0) is 47.1 Å². The van der Waals surface area contributed by atoms with Crippen molar-refractivity contribution in [2.75, 3.05) is 26.2 Å². The number of hydrogen-bond acceptors (Lipinski definition) is 4. The molecule has 0 amide bonds. The second kappa shape index (κ2) is 7.19. The number of ether oxygens (including phenoxy) is 1. The summed E-state index contributed by atoms with van der Waals surface area (Å²) in [6, 6.07) is 5.38. The highest BCUT2D eigenvalue weighted by Gasteiger charge is 2.30. The van der Waals surface area contributed by atoms with Crippen molar-refractivity contribution < 1.29 is 13.2 Å². The van der Waals surface area contributed by atoms with Crippen LogP contribution in [-0.4, -0.2) is 45.1 Å². The van der Waals surface area contributed by atoms with E-state index in [9.17, 15) is 8.42 Å². The first-order valence-electron chi connectivity index (χ1n) is 7.06. The van der Waals surface area contributed by atoms with Crippen LogP contribution >= 0.6 is 15.9 Å². The molecule has 0 spiro atoms. The maximum atomic E-state index is 12.7. The van der Waals surface area contributed by atoms with Gasteiger partial charge in [0.2, 0.25) is 10.0 Å². The number of sulfonamides is 1. The first-order valence-corrected chi connectivity index (χ1v) is 9.29. The first kappa shape index (κ1) is 16.9. The van der Waals surface area contributed by atoms with Crippen molar-refractivity contribution in [3.05, 3.63) is 28.2 Å². The largest absolute Gasteiger partial charge is 0.376 e. The zero-order valence-electron chi connectivity index (χ0n) is 12.3. The summed E-state index contributed by atoms with van der Waals surface area (Å²) in [5, 5.41) is 3.22. The molecule has 0 aliphatic carbocycles. The van der Waals surface area contributed by atoms with Crippen molar-refractivity contribution >= 4 is 26.0 Å². The average Bonchev–Trinajstić information content (AvgIpc) is 2.45. The molecule has 2 rings (SSSR count). The Kier molecular flexibility index (Phi) is 5.79. The van der Waals surface area contributed by atoms with Gasteiger partial charge >= 0.3 is 0 Å². The summed E-state index contributed by atoms with van der Waals surface area (Å²) in [6.07, 6.45) is -0.0691. The van der Waals surface area contributed by atoms with Gasteiger partial charge in [0.05, 0.1) is 17.6 Å². The molecular weight excluding hydrogens is 356 g/mol. The van der Waals surface area contributed by atoms with Gasteiger partial charge in [-0.15, -0.1) is 0 Å². The lowest BCUT2D eigenvalue weighted by molar-refractivity contribution is 0.0102. The lowest BCUT2D eigenvalue weighted by Gasteiger charge is -2.30. The quantitative estimate of drug-likeness (QED) is 0.853. The van der Waals surface area contributed by atoms with E-state index in [0.717, 1.165) is 18.7 Å². The van der Waals surface area contributed by atoms with Gasteiger partial charge in [0, 0.05) is 24.1 Å². The number of morpholine rings is 1. The monoisotopic (exact) mass is 376 g/mol. The van der Waals surface area contributed by atoms with Crippen LogP contribution in [0.15, 0.2) is 27.6 Å². The van der Waals surface area contributed by atoms with Gasteiger partial charge in [0.1, 0.15) is 0 Å². The summed E-state index contributed by atoms with van der Waals surface area (Å²) in [7, 11) is -3.48. The minimum atomic E-state index is -3.48. The fourth-order valence-electron chi connectivity index (χ4n) is 2.28. The highest BCUT2D eigenvalue weighted by Crippen LogP contribution is 2.27. The lowest BCUT2D eigenvalue weighted by atomic mass is 10.2. The molecular formula is C14H21BrN2O3S. The topological polar surface area (TPSA) is 58.6 Å². The highest BCUT2D eigenvalue weighted by molar-refractivity contribution is 9.10. The van der Waals surface area contributed by atoms with Crippen LogP contribution in [0.4, 0.5) is 0 Å². The van der Waals surface area contributed by atoms with Crippen LogP contribution in [0, 0.1) is 0 Å². The van der Waals surface area contributed by atoms with E-state index in [2.05, 4.69) is 21.2 Å². The third-order valence-electron chi connectivity index (χ3n) is 3.40. The standard InChI is InChI=1S/C14H21BrN2O3S/c1-3-16-9-12-4-5-14(13(15)8-12)21(18,19)17-6-7-20-11(2)10-17/h4-5,8,11,16H,3,6-7,9-10H2,1-2H3. The molecule has 1 aliphatic rings. The molecule has 118 valence electrons. The summed E-state index contributed by atoms with van der Waals surface area (Å²) in [4.78, 5) is 0.317. The van der Waals surface area contributed by atoms with E-state index in [1.807, 2.05) is 26.0 Å². The number of nitrogens with one attached hydrogen (secondary N) is 1. The van der Waals surface area contributed by atoms with Gasteiger partial charge < -0.3 is 10.1 Å². The van der Waals surface area contributed by atoms with Gasteiger partial charge in [0.25, 0.3) is 0 Å². The van der Waals surface area contributed by atoms with Gasteiger partial charge in [-0.2, -0.15) is 4.31 Å². The number of halogens is 1. The smallest absolute Gasteiger partial charge is 0.244 e. The molecule has 1 N–H and O–H groups in total. The third-order valence-corrected chi connectivity index (χ3v) is 6.24. The summed E-state index contributed by atoms with van der Waals surface area (Å²) in [6.45, 7) is 6.76. The molecule has 1 aliphatic heterocycles. The van der Waals surface area contributed by atoms with E-state index in [1.54, 1.807) is 6.07 Å². The van der Waals surface area contributed by atoms with Crippen molar-refractivity contribution in [1.29, 1.82) is 0 Å². The molecule has 7 heteroatoms. The maximum absolute atomic E-state index is 12.7. The Hall–Kier alpha value is -0.470. The Bertz CT molecular complexity index is 592. The van der Waals surface area contributed by atoms with Gasteiger partial charge in [0.15, 0.2) is 0 Å². The zero-order valence-corrected chi connectivity index (χ0v) is 14.7. The van der Waals surface area contributed by atoms with E-state index in [1.165, 1.54) is 4.31 Å². The maximum Gasteiger partial charge on any atom is 0.244 e. The Morgan fingerprint density at radius 3 is 2.86 bits per heavy atom. The Labute approximate surface area is 134 Å². The van der Waals surface area contributed by atoms with E-state index in [0.29, 0.717) is 29.1 Å². The summed E-state index contributed by atoms with van der Waals surface area (Å²) in [5.74, 6) is 0. The molecule has 0 bridgehead atoms. The molecule has 1 aromatic rings. The van der Waals surface area contributed by atoms with E-state index in [-0.39, 0.29) is 6.10 Å². The predicted molar refractivity (Wildman–Crippen MR) is 85.7 cm³/mol. The second-order valence-corrected chi connectivity index (χ2v) is 7.85. The van der Waals surface area contributed by atoms with Crippen LogP contribution in [0.5, 0.6) is 0 Å². The Morgan fingerprint density at radius 1 is 1.48 bits per heavy atom. The summed E-state index contributed by atoms with van der Waals surface area (Å²) < 4.78 is 32.9. The first-order chi connectivity index (χ1) is 9.95. The molecule has 21 heavy (non-hydrogen) atoms. The average molecular weight is 377 g/mol. The van der Waals surface area contributed by atoms with Crippen molar-refractivity contribution in [1.82, 2.24) is 9.62 Å². The number of nitrogens with zero attached hydrogens (tertiary/aromatic N) is 1. The molecule has 1 saturated heterocycles. The number of hydrogen-bond donors (Lipinski definition) is 1. The number of rotatable bonds is 5. The van der Waals surface area contributed by atoms with Crippen molar-refractivity contribution in [2.24, 2.45) is 0 Å². The van der Waals surface area contributed by atoms with Crippen molar-refractivity contribution in [2.45, 2.75) is 31.4 Å². The highest BCUT2D eigenvalue weighted by atomic mass is 79.9. The molecule has 1 fully saturated rings. The molecule has 0 aromatic heterocycles. The lowest BCUT2D eigenvalue weighted by Crippen LogP contribution is -2.44. The minimum absolute atomic E-state index is 0.0691. The minimum Gasteiger partial charge on any atom is -0.376 e. The van der Waals surface area contributed by atoms with Crippen LogP contribution in [0.3, 0.4) is 0 Å². The predicted octanol–water partition coefficient (Wildman–Crippen LogP) is 1.97. The van der Waals surface area contributed by atoms with E-state index in [4.69, 9.17) is 4.74 Å². The van der Waals surface area contributed by atoms with Crippen LogP contribution < -0.4 is 5.32 Å². The summed E-state index contributed by atoms with van der Waals surface area (Å²) in [5.41, 5.74) is 1.05. The Balaban J connectivity index is 2.23. The normalized spacial score (nSPS) is 20.6. The second-order valence-electron chi connectivity index (χ2n) is 5.09. The van der Waals surface area contributed by atoms with Crippen molar-refractivity contribution in [3.8, 4) is 0 Å². The Morgan fingerprint density at radius 2 is 2.24 bits per heavy atom.